The minimum Gasteiger partial charge on any atom is -0.464 e. The summed E-state index contributed by atoms with van der Waals surface area (Å²) in [6.07, 6.45) is 0.704. The zero-order valence-corrected chi connectivity index (χ0v) is 16.3. The fraction of sp³-hybridized carbons (Fsp3) is 0.300. The molecule has 0 radical (unpaired) electrons. The molecule has 1 fully saturated rings. The van der Waals surface area contributed by atoms with Gasteiger partial charge in [0.15, 0.2) is 0 Å². The van der Waals surface area contributed by atoms with Crippen molar-refractivity contribution in [3.63, 3.8) is 0 Å². The summed E-state index contributed by atoms with van der Waals surface area (Å²) in [5.41, 5.74) is 1.15. The van der Waals surface area contributed by atoms with Crippen molar-refractivity contribution in [3.8, 4) is 0 Å². The number of ether oxygens (including phenoxy) is 1. The molecule has 2 aromatic carbocycles. The van der Waals surface area contributed by atoms with Gasteiger partial charge < -0.3 is 9.64 Å². The van der Waals surface area contributed by atoms with Gasteiger partial charge in [0.25, 0.3) is 5.91 Å². The van der Waals surface area contributed by atoms with E-state index >= 15 is 0 Å². The first-order valence-electron chi connectivity index (χ1n) is 8.63. The predicted molar refractivity (Wildman–Crippen MR) is 104 cm³/mol. The SMILES string of the molecule is CCCOC(=O)C1CSC(c2cccc(Cl)c2)N1C(=O)c1ccc(F)cc1. The van der Waals surface area contributed by atoms with E-state index in [0.29, 0.717) is 29.4 Å². The molecule has 142 valence electrons. The minimum absolute atomic E-state index is 0.306. The Bertz CT molecular complexity index is 830. The molecule has 0 aliphatic carbocycles. The number of carbonyl (C=O) groups excluding carboxylic acids is 2. The van der Waals surface area contributed by atoms with Crippen LogP contribution in [-0.2, 0) is 9.53 Å². The largest absolute Gasteiger partial charge is 0.464 e. The Balaban J connectivity index is 1.94. The zero-order valence-electron chi connectivity index (χ0n) is 14.7. The van der Waals surface area contributed by atoms with Crippen molar-refractivity contribution in [1.82, 2.24) is 4.90 Å². The quantitative estimate of drug-likeness (QED) is 0.674. The topological polar surface area (TPSA) is 46.6 Å². The van der Waals surface area contributed by atoms with Crippen molar-refractivity contribution in [2.75, 3.05) is 12.4 Å². The number of thioether (sulfide) groups is 1. The smallest absolute Gasteiger partial charge is 0.329 e. The summed E-state index contributed by atoms with van der Waals surface area (Å²) in [6, 6.07) is 11.8. The third-order valence-corrected chi connectivity index (χ3v) is 5.74. The summed E-state index contributed by atoms with van der Waals surface area (Å²) in [5, 5.41) is 0.180. The molecular formula is C20H19ClFNO3S. The molecule has 2 atom stereocenters. The van der Waals surface area contributed by atoms with Crippen LogP contribution in [0.2, 0.25) is 5.02 Å². The van der Waals surface area contributed by atoms with E-state index in [4.69, 9.17) is 16.3 Å². The Morgan fingerprint density at radius 2 is 2.00 bits per heavy atom. The molecule has 2 aromatic rings. The number of esters is 1. The van der Waals surface area contributed by atoms with Crippen LogP contribution >= 0.6 is 23.4 Å². The maximum absolute atomic E-state index is 13.2. The highest BCUT2D eigenvalue weighted by Gasteiger charge is 2.43. The van der Waals surface area contributed by atoms with Crippen LogP contribution in [0.4, 0.5) is 4.39 Å². The first-order valence-corrected chi connectivity index (χ1v) is 10.1. The molecule has 0 bridgehead atoms. The monoisotopic (exact) mass is 407 g/mol. The summed E-state index contributed by atoms with van der Waals surface area (Å²) in [7, 11) is 0. The summed E-state index contributed by atoms with van der Waals surface area (Å²) in [4.78, 5) is 27.2. The van der Waals surface area contributed by atoms with Gasteiger partial charge in [-0.05, 0) is 48.4 Å². The summed E-state index contributed by atoms with van der Waals surface area (Å²) < 4.78 is 18.5. The van der Waals surface area contributed by atoms with Gasteiger partial charge in [-0.3, -0.25) is 4.79 Å². The molecule has 1 aliphatic heterocycles. The van der Waals surface area contributed by atoms with E-state index in [0.717, 1.165) is 5.56 Å². The summed E-state index contributed by atoms with van der Waals surface area (Å²) >= 11 is 7.59. The van der Waals surface area contributed by atoms with Crippen LogP contribution in [0.3, 0.4) is 0 Å². The number of carbonyl (C=O) groups is 2. The zero-order chi connectivity index (χ0) is 19.4. The lowest BCUT2D eigenvalue weighted by Crippen LogP contribution is -2.44. The molecule has 0 N–H and O–H groups in total. The van der Waals surface area contributed by atoms with Crippen molar-refractivity contribution in [1.29, 1.82) is 0 Å². The molecule has 3 rings (SSSR count). The van der Waals surface area contributed by atoms with Crippen LogP contribution in [0, 0.1) is 5.82 Å². The molecule has 1 heterocycles. The van der Waals surface area contributed by atoms with Crippen molar-refractivity contribution >= 4 is 35.2 Å². The van der Waals surface area contributed by atoms with Crippen LogP contribution in [0.25, 0.3) is 0 Å². The minimum atomic E-state index is -0.705. The molecule has 2 unspecified atom stereocenters. The Morgan fingerprint density at radius 1 is 1.26 bits per heavy atom. The molecule has 27 heavy (non-hydrogen) atoms. The molecule has 7 heteroatoms. The van der Waals surface area contributed by atoms with Gasteiger partial charge in [-0.15, -0.1) is 11.8 Å². The molecule has 1 amide bonds. The highest BCUT2D eigenvalue weighted by Crippen LogP contribution is 2.43. The lowest BCUT2D eigenvalue weighted by atomic mass is 10.1. The second-order valence-electron chi connectivity index (χ2n) is 6.14. The average molecular weight is 408 g/mol. The number of amides is 1. The first kappa shape index (κ1) is 19.7. The Hall–Kier alpha value is -2.05. The summed E-state index contributed by atoms with van der Waals surface area (Å²) in [5.74, 6) is -0.771. The number of hydrogen-bond donors (Lipinski definition) is 0. The van der Waals surface area contributed by atoms with Gasteiger partial charge >= 0.3 is 5.97 Å². The van der Waals surface area contributed by atoms with Crippen LogP contribution in [-0.4, -0.2) is 35.2 Å². The Morgan fingerprint density at radius 3 is 2.67 bits per heavy atom. The second-order valence-corrected chi connectivity index (χ2v) is 7.69. The normalized spacial score (nSPS) is 19.1. The molecule has 0 spiro atoms. The molecule has 1 saturated heterocycles. The van der Waals surface area contributed by atoms with E-state index in [-0.39, 0.29) is 11.3 Å². The average Bonchev–Trinajstić information content (AvgIpc) is 3.11. The third-order valence-electron chi connectivity index (χ3n) is 4.18. The molecule has 0 aromatic heterocycles. The molecule has 1 aliphatic rings. The van der Waals surface area contributed by atoms with E-state index in [1.165, 1.54) is 40.9 Å². The van der Waals surface area contributed by atoms with Gasteiger partial charge in [0.05, 0.1) is 6.61 Å². The van der Waals surface area contributed by atoms with E-state index < -0.39 is 17.8 Å². The lowest BCUT2D eigenvalue weighted by Gasteiger charge is -2.28. The lowest BCUT2D eigenvalue weighted by molar-refractivity contribution is -0.148. The van der Waals surface area contributed by atoms with Crippen molar-refractivity contribution in [2.45, 2.75) is 24.8 Å². The van der Waals surface area contributed by atoms with Crippen molar-refractivity contribution in [2.24, 2.45) is 0 Å². The maximum Gasteiger partial charge on any atom is 0.329 e. The van der Waals surface area contributed by atoms with Crippen LogP contribution in [0.5, 0.6) is 0 Å². The van der Waals surface area contributed by atoms with E-state index in [1.807, 2.05) is 19.1 Å². The van der Waals surface area contributed by atoms with E-state index in [2.05, 4.69) is 0 Å². The van der Waals surface area contributed by atoms with E-state index in [9.17, 15) is 14.0 Å². The van der Waals surface area contributed by atoms with Crippen LogP contribution in [0.1, 0.15) is 34.6 Å². The number of rotatable bonds is 5. The Kier molecular flexibility index (Phi) is 6.39. The predicted octanol–water partition coefficient (Wildman–Crippen LogP) is 4.69. The second kappa shape index (κ2) is 8.76. The highest BCUT2D eigenvalue weighted by atomic mass is 35.5. The van der Waals surface area contributed by atoms with Gasteiger partial charge in [-0.25, -0.2) is 9.18 Å². The van der Waals surface area contributed by atoms with Gasteiger partial charge in [-0.1, -0.05) is 30.7 Å². The number of nitrogens with zero attached hydrogens (tertiary/aromatic N) is 1. The van der Waals surface area contributed by atoms with Crippen molar-refractivity contribution in [3.05, 3.63) is 70.5 Å². The number of hydrogen-bond acceptors (Lipinski definition) is 4. The van der Waals surface area contributed by atoms with Gasteiger partial charge in [0.1, 0.15) is 17.2 Å². The van der Waals surface area contributed by atoms with Crippen LogP contribution < -0.4 is 0 Å². The summed E-state index contributed by atoms with van der Waals surface area (Å²) in [6.45, 7) is 2.22. The Labute approximate surface area is 166 Å². The third kappa shape index (κ3) is 4.45. The van der Waals surface area contributed by atoms with Gasteiger partial charge in [-0.2, -0.15) is 0 Å². The fourth-order valence-electron chi connectivity index (χ4n) is 2.89. The first-order chi connectivity index (χ1) is 13.0. The maximum atomic E-state index is 13.2. The highest BCUT2D eigenvalue weighted by molar-refractivity contribution is 7.99. The fourth-order valence-corrected chi connectivity index (χ4v) is 4.50. The molecule has 4 nitrogen and oxygen atoms in total. The van der Waals surface area contributed by atoms with Crippen LogP contribution in [0.15, 0.2) is 48.5 Å². The van der Waals surface area contributed by atoms with E-state index in [1.54, 1.807) is 12.1 Å². The van der Waals surface area contributed by atoms with Crippen molar-refractivity contribution < 1.29 is 18.7 Å². The number of halogens is 2. The molecular weight excluding hydrogens is 389 g/mol. The van der Waals surface area contributed by atoms with Gasteiger partial charge in [0, 0.05) is 16.3 Å². The number of benzene rings is 2. The van der Waals surface area contributed by atoms with Gasteiger partial charge in [0.2, 0.25) is 0 Å². The molecule has 0 saturated carbocycles. The standard InChI is InChI=1S/C20H19ClFNO3S/c1-2-10-26-20(25)17-12-27-19(14-4-3-5-15(21)11-14)23(17)18(24)13-6-8-16(22)9-7-13/h3-9,11,17,19H,2,10,12H2,1H3.